The van der Waals surface area contributed by atoms with Crippen LogP contribution >= 0.6 is 11.6 Å². The first-order valence-electron chi connectivity index (χ1n) is 9.32. The molecule has 6 nitrogen and oxygen atoms in total. The fourth-order valence-corrected chi connectivity index (χ4v) is 3.59. The van der Waals surface area contributed by atoms with Gasteiger partial charge < -0.3 is 10.4 Å². The summed E-state index contributed by atoms with van der Waals surface area (Å²) in [5.41, 5.74) is 4.62. The molecule has 2 aromatic carbocycles. The van der Waals surface area contributed by atoms with Crippen LogP contribution in [0.3, 0.4) is 0 Å². The highest BCUT2D eigenvalue weighted by atomic mass is 35.5. The molecule has 1 saturated carbocycles. The number of halogens is 1. The van der Waals surface area contributed by atoms with Gasteiger partial charge in [0.05, 0.1) is 33.7 Å². The lowest BCUT2D eigenvalue weighted by Gasteiger charge is -2.14. The normalized spacial score (nSPS) is 13.6. The van der Waals surface area contributed by atoms with Crippen molar-refractivity contribution >= 4 is 39.7 Å². The van der Waals surface area contributed by atoms with Crippen molar-refractivity contribution < 1.29 is 9.90 Å². The largest absolute Gasteiger partial charge is 0.506 e. The van der Waals surface area contributed by atoms with E-state index in [-0.39, 0.29) is 22.5 Å². The average molecular weight is 405 g/mol. The quantitative estimate of drug-likeness (QED) is 0.391. The first kappa shape index (κ1) is 17.7. The van der Waals surface area contributed by atoms with Crippen LogP contribution in [0.5, 0.6) is 5.75 Å². The van der Waals surface area contributed by atoms with Crippen LogP contribution in [-0.2, 0) is 0 Å². The van der Waals surface area contributed by atoms with Crippen molar-refractivity contribution in [3.05, 3.63) is 65.6 Å². The highest BCUT2D eigenvalue weighted by Crippen LogP contribution is 2.39. The number of H-pyrrole nitrogens is 1. The van der Waals surface area contributed by atoms with Gasteiger partial charge in [0.25, 0.3) is 0 Å². The van der Waals surface area contributed by atoms with Crippen molar-refractivity contribution in [3.63, 3.8) is 0 Å². The summed E-state index contributed by atoms with van der Waals surface area (Å²) < 4.78 is 0. The molecule has 144 valence electrons. The monoisotopic (exact) mass is 404 g/mol. The highest BCUT2D eigenvalue weighted by molar-refractivity contribution is 6.32. The van der Waals surface area contributed by atoms with E-state index in [1.165, 1.54) is 0 Å². The lowest BCUT2D eigenvalue weighted by molar-refractivity contribution is 0.0968. The summed E-state index contributed by atoms with van der Waals surface area (Å²) >= 11 is 6.09. The molecule has 1 aliphatic rings. The standard InChI is InChI=1S/C22H17ClN4O2/c23-18-8-14(4-6-20(18)28)13-3-5-19-16(7-13)21(27-15-9-25-26-10-15)17(11-24-19)22(29)12-1-2-12/h3-12,28H,1-2H2,(H,24,27)(H,25,26). The lowest BCUT2D eigenvalue weighted by Crippen LogP contribution is -2.07. The Hall–Kier alpha value is -3.38. The van der Waals surface area contributed by atoms with Gasteiger partial charge in [-0.1, -0.05) is 23.7 Å². The number of aromatic nitrogens is 3. The molecular formula is C22H17ClN4O2. The molecule has 3 N–H and O–H groups in total. The zero-order valence-electron chi connectivity index (χ0n) is 15.3. The van der Waals surface area contributed by atoms with Gasteiger partial charge in [-0.25, -0.2) is 0 Å². The molecule has 1 aliphatic carbocycles. The predicted molar refractivity (Wildman–Crippen MR) is 113 cm³/mol. The van der Waals surface area contributed by atoms with Gasteiger partial charge in [0, 0.05) is 23.7 Å². The van der Waals surface area contributed by atoms with Crippen LogP contribution in [0.2, 0.25) is 5.02 Å². The molecule has 0 bridgehead atoms. The Bertz CT molecular complexity index is 1230. The van der Waals surface area contributed by atoms with Crippen LogP contribution in [0.4, 0.5) is 11.4 Å². The number of hydrogen-bond acceptors (Lipinski definition) is 5. The number of benzene rings is 2. The van der Waals surface area contributed by atoms with E-state index >= 15 is 0 Å². The Morgan fingerprint density at radius 3 is 2.66 bits per heavy atom. The number of Topliss-reactive ketones (excluding diaryl/α,β-unsaturated/α-hetero) is 1. The second-order valence-electron chi connectivity index (χ2n) is 7.20. The number of hydrogen-bond donors (Lipinski definition) is 3. The van der Waals surface area contributed by atoms with Crippen molar-refractivity contribution in [3.8, 4) is 16.9 Å². The first-order valence-corrected chi connectivity index (χ1v) is 9.69. The Labute approximate surface area is 171 Å². The van der Waals surface area contributed by atoms with E-state index in [9.17, 15) is 9.90 Å². The van der Waals surface area contributed by atoms with Crippen LogP contribution in [0, 0.1) is 5.92 Å². The van der Waals surface area contributed by atoms with Gasteiger partial charge >= 0.3 is 0 Å². The minimum absolute atomic E-state index is 0.0394. The summed E-state index contributed by atoms with van der Waals surface area (Å²) in [5.74, 6) is 0.235. The molecular weight excluding hydrogens is 388 g/mol. The van der Waals surface area contributed by atoms with Crippen molar-refractivity contribution in [1.82, 2.24) is 15.2 Å². The van der Waals surface area contributed by atoms with E-state index in [2.05, 4.69) is 20.5 Å². The lowest BCUT2D eigenvalue weighted by atomic mass is 9.99. The summed E-state index contributed by atoms with van der Waals surface area (Å²) in [6.45, 7) is 0. The number of rotatable bonds is 5. The number of pyridine rings is 1. The molecule has 5 rings (SSSR count). The number of aromatic hydroxyl groups is 1. The molecule has 29 heavy (non-hydrogen) atoms. The smallest absolute Gasteiger partial charge is 0.169 e. The number of phenols is 1. The Balaban J connectivity index is 1.69. The third-order valence-electron chi connectivity index (χ3n) is 5.13. The van der Waals surface area contributed by atoms with Gasteiger partial charge in [0.1, 0.15) is 5.75 Å². The summed E-state index contributed by atoms with van der Waals surface area (Å²) in [7, 11) is 0. The van der Waals surface area contributed by atoms with Crippen molar-refractivity contribution in [2.45, 2.75) is 12.8 Å². The van der Waals surface area contributed by atoms with Crippen LogP contribution < -0.4 is 5.32 Å². The number of carbonyl (C=O) groups is 1. The van der Waals surface area contributed by atoms with Gasteiger partial charge in [-0.05, 0) is 48.2 Å². The van der Waals surface area contributed by atoms with E-state index in [1.807, 2.05) is 18.2 Å². The molecule has 4 aromatic rings. The van der Waals surface area contributed by atoms with E-state index in [0.717, 1.165) is 46.2 Å². The highest BCUT2D eigenvalue weighted by Gasteiger charge is 2.32. The number of phenolic OH excluding ortho intramolecular Hbond substituents is 1. The fourth-order valence-electron chi connectivity index (χ4n) is 3.41. The van der Waals surface area contributed by atoms with Crippen molar-refractivity contribution in [1.29, 1.82) is 0 Å². The molecule has 1 fully saturated rings. The minimum atomic E-state index is 0.0394. The molecule has 0 saturated heterocycles. The maximum atomic E-state index is 12.9. The molecule has 2 aromatic heterocycles. The van der Waals surface area contributed by atoms with E-state index in [1.54, 1.807) is 36.8 Å². The summed E-state index contributed by atoms with van der Waals surface area (Å²) in [6.07, 6.45) is 6.91. The number of carbonyl (C=O) groups excluding carboxylic acids is 1. The van der Waals surface area contributed by atoms with E-state index in [0.29, 0.717) is 5.56 Å². The van der Waals surface area contributed by atoms with Crippen LogP contribution in [0.25, 0.3) is 22.0 Å². The Morgan fingerprint density at radius 1 is 1.14 bits per heavy atom. The van der Waals surface area contributed by atoms with Crippen molar-refractivity contribution in [2.24, 2.45) is 5.92 Å². The van der Waals surface area contributed by atoms with Gasteiger partial charge in [-0.3, -0.25) is 14.9 Å². The molecule has 7 heteroatoms. The maximum absolute atomic E-state index is 12.9. The predicted octanol–water partition coefficient (Wildman–Crippen LogP) is 5.32. The molecule has 0 atom stereocenters. The number of anilines is 2. The molecule has 0 radical (unpaired) electrons. The maximum Gasteiger partial charge on any atom is 0.169 e. The van der Waals surface area contributed by atoms with Gasteiger partial charge in [0.2, 0.25) is 0 Å². The van der Waals surface area contributed by atoms with Crippen molar-refractivity contribution in [2.75, 3.05) is 5.32 Å². The molecule has 0 unspecified atom stereocenters. The minimum Gasteiger partial charge on any atom is -0.506 e. The second kappa shape index (κ2) is 6.90. The first-order chi connectivity index (χ1) is 14.1. The molecule has 0 spiro atoms. The molecule has 0 aliphatic heterocycles. The second-order valence-corrected chi connectivity index (χ2v) is 7.60. The van der Waals surface area contributed by atoms with Gasteiger partial charge in [-0.2, -0.15) is 5.10 Å². The Kier molecular flexibility index (Phi) is 4.21. The van der Waals surface area contributed by atoms with Crippen LogP contribution in [-0.4, -0.2) is 26.1 Å². The van der Waals surface area contributed by atoms with Gasteiger partial charge in [0.15, 0.2) is 5.78 Å². The number of fused-ring (bicyclic) bond motifs is 1. The third kappa shape index (κ3) is 3.32. The fraction of sp³-hybridized carbons (Fsp3) is 0.136. The summed E-state index contributed by atoms with van der Waals surface area (Å²) in [4.78, 5) is 17.4. The number of aromatic amines is 1. The number of nitrogens with zero attached hydrogens (tertiary/aromatic N) is 2. The van der Waals surface area contributed by atoms with E-state index in [4.69, 9.17) is 11.6 Å². The number of ketones is 1. The van der Waals surface area contributed by atoms with E-state index < -0.39 is 0 Å². The summed E-state index contributed by atoms with van der Waals surface area (Å²) in [5, 5.41) is 20.9. The molecule has 0 amide bonds. The summed E-state index contributed by atoms with van der Waals surface area (Å²) in [6, 6.07) is 10.9. The van der Waals surface area contributed by atoms with Crippen LogP contribution in [0.1, 0.15) is 23.2 Å². The topological polar surface area (TPSA) is 90.9 Å². The Morgan fingerprint density at radius 2 is 1.93 bits per heavy atom. The SMILES string of the molecule is O=C(c1cnc2ccc(-c3ccc(O)c(Cl)c3)cc2c1Nc1cn[nH]c1)C1CC1. The third-order valence-corrected chi connectivity index (χ3v) is 5.43. The van der Waals surface area contributed by atoms with Crippen LogP contribution in [0.15, 0.2) is 55.0 Å². The average Bonchev–Trinajstić information content (AvgIpc) is 3.46. The van der Waals surface area contributed by atoms with Gasteiger partial charge in [-0.15, -0.1) is 0 Å². The zero-order valence-corrected chi connectivity index (χ0v) is 16.1. The number of nitrogens with one attached hydrogen (secondary N) is 2. The zero-order chi connectivity index (χ0) is 20.0. The molecule has 2 heterocycles.